The van der Waals surface area contributed by atoms with Gasteiger partial charge in [-0.05, 0) is 23.8 Å². The maximum atomic E-state index is 12.0. The van der Waals surface area contributed by atoms with Crippen molar-refractivity contribution in [2.45, 2.75) is 32.7 Å². The Labute approximate surface area is 165 Å². The number of amides is 1. The number of methoxy groups -OCH3 is 1. The molecule has 0 fully saturated rings. The molecule has 0 aliphatic rings. The highest BCUT2D eigenvalue weighted by Crippen LogP contribution is 2.25. The Morgan fingerprint density at radius 2 is 2.04 bits per heavy atom. The third-order valence-corrected chi connectivity index (χ3v) is 5.16. The fraction of sp³-hybridized carbons (Fsp3) is 0.444. The molecule has 7 nitrogen and oxygen atoms in total. The monoisotopic (exact) mass is 410 g/mol. The van der Waals surface area contributed by atoms with E-state index in [0.717, 1.165) is 10.6 Å². The van der Waals surface area contributed by atoms with Gasteiger partial charge < -0.3 is 14.8 Å². The lowest BCUT2D eigenvalue weighted by molar-refractivity contribution is -0.150. The van der Waals surface area contributed by atoms with Gasteiger partial charge >= 0.3 is 11.9 Å². The molecule has 0 saturated carbocycles. The molecule has 0 aliphatic heterocycles. The van der Waals surface area contributed by atoms with E-state index < -0.39 is 30.5 Å². The van der Waals surface area contributed by atoms with Gasteiger partial charge in [0.25, 0.3) is 5.91 Å². The molecule has 1 amide bonds. The Balaban J connectivity index is 1.80. The summed E-state index contributed by atoms with van der Waals surface area (Å²) < 4.78 is 9.67. The molecule has 0 unspecified atom stereocenters. The normalized spacial score (nSPS) is 11.9. The van der Waals surface area contributed by atoms with Crippen LogP contribution < -0.4 is 5.32 Å². The number of carbonyl (C=O) groups excluding carboxylic acids is 3. The van der Waals surface area contributed by atoms with Gasteiger partial charge in [0.15, 0.2) is 6.61 Å². The third kappa shape index (κ3) is 6.76. The highest BCUT2D eigenvalue weighted by Gasteiger charge is 2.23. The van der Waals surface area contributed by atoms with Gasteiger partial charge in [-0.25, -0.2) is 9.78 Å². The molecular formula is C18H22N2O5S2. The van der Waals surface area contributed by atoms with Crippen LogP contribution in [0.5, 0.6) is 0 Å². The van der Waals surface area contributed by atoms with Gasteiger partial charge in [-0.1, -0.05) is 13.8 Å². The van der Waals surface area contributed by atoms with Gasteiger partial charge in [-0.15, -0.1) is 11.3 Å². The molecule has 1 N–H and O–H groups in total. The summed E-state index contributed by atoms with van der Waals surface area (Å²) in [6.07, 6.45) is 0.427. The summed E-state index contributed by atoms with van der Waals surface area (Å²) in [5.41, 5.74) is 1.61. The standard InChI is InChI=1S/C18H22N2O5S2/c1-11(2)6-14(18(23)24-3)20-15(21)8-25-16(22)7-13-10-27-17(19-13)12-4-5-26-9-12/h4-5,9-11,14H,6-8H2,1-3H3,(H,20,21)/t14-/m0/s1. The summed E-state index contributed by atoms with van der Waals surface area (Å²) in [5, 5.41) is 9.12. The van der Waals surface area contributed by atoms with E-state index in [-0.39, 0.29) is 12.3 Å². The minimum absolute atomic E-state index is 0.0136. The molecule has 2 aromatic heterocycles. The van der Waals surface area contributed by atoms with E-state index in [1.165, 1.54) is 18.4 Å². The molecule has 2 rings (SSSR count). The molecule has 146 valence electrons. The molecule has 0 aromatic carbocycles. The Morgan fingerprint density at radius 1 is 1.26 bits per heavy atom. The van der Waals surface area contributed by atoms with Crippen molar-refractivity contribution in [2.75, 3.05) is 13.7 Å². The molecule has 0 radical (unpaired) electrons. The predicted molar refractivity (Wildman–Crippen MR) is 103 cm³/mol. The fourth-order valence-electron chi connectivity index (χ4n) is 2.32. The second-order valence-corrected chi connectivity index (χ2v) is 7.90. The van der Waals surface area contributed by atoms with E-state index in [1.54, 1.807) is 16.7 Å². The van der Waals surface area contributed by atoms with Crippen LogP contribution in [0.1, 0.15) is 26.0 Å². The van der Waals surface area contributed by atoms with Gasteiger partial charge in [-0.2, -0.15) is 11.3 Å². The number of hydrogen-bond acceptors (Lipinski definition) is 8. The number of rotatable bonds is 9. The lowest BCUT2D eigenvalue weighted by atomic mass is 10.0. The van der Waals surface area contributed by atoms with Crippen molar-refractivity contribution in [1.82, 2.24) is 10.3 Å². The number of nitrogens with one attached hydrogen (secondary N) is 1. The lowest BCUT2D eigenvalue weighted by Crippen LogP contribution is -2.44. The topological polar surface area (TPSA) is 94.6 Å². The second-order valence-electron chi connectivity index (χ2n) is 6.27. The molecule has 2 aromatic rings. The van der Waals surface area contributed by atoms with E-state index >= 15 is 0 Å². The van der Waals surface area contributed by atoms with Crippen LogP contribution in [0.4, 0.5) is 0 Å². The van der Waals surface area contributed by atoms with Crippen molar-refractivity contribution in [1.29, 1.82) is 0 Å². The average Bonchev–Trinajstić information content (AvgIpc) is 3.29. The van der Waals surface area contributed by atoms with Gasteiger partial charge in [0, 0.05) is 16.3 Å². The first-order valence-corrected chi connectivity index (χ1v) is 10.2. The van der Waals surface area contributed by atoms with Crippen LogP contribution in [0.2, 0.25) is 0 Å². The largest absolute Gasteiger partial charge is 0.467 e. The van der Waals surface area contributed by atoms with Crippen LogP contribution in [-0.2, 0) is 30.3 Å². The van der Waals surface area contributed by atoms with Crippen LogP contribution in [0.15, 0.2) is 22.2 Å². The Hall–Kier alpha value is -2.26. The molecule has 0 saturated heterocycles. The second kappa shape index (κ2) is 10.2. The molecule has 1 atom stereocenters. The zero-order valence-electron chi connectivity index (χ0n) is 15.4. The predicted octanol–water partition coefficient (Wildman–Crippen LogP) is 2.66. The molecule has 9 heteroatoms. The van der Waals surface area contributed by atoms with Crippen LogP contribution in [0.3, 0.4) is 0 Å². The van der Waals surface area contributed by atoms with Crippen molar-refractivity contribution < 1.29 is 23.9 Å². The highest BCUT2D eigenvalue weighted by atomic mass is 32.1. The SMILES string of the molecule is COC(=O)[C@H](CC(C)C)NC(=O)COC(=O)Cc1csc(-c2ccsc2)n1. The highest BCUT2D eigenvalue weighted by molar-refractivity contribution is 7.14. The first kappa shape index (κ1) is 21.0. The minimum Gasteiger partial charge on any atom is -0.467 e. The van der Waals surface area contributed by atoms with Crippen molar-refractivity contribution in [2.24, 2.45) is 5.92 Å². The summed E-state index contributed by atoms with van der Waals surface area (Å²) in [6.45, 7) is 3.41. The first-order chi connectivity index (χ1) is 12.9. The van der Waals surface area contributed by atoms with Crippen LogP contribution in [0, 0.1) is 5.92 Å². The maximum Gasteiger partial charge on any atom is 0.328 e. The summed E-state index contributed by atoms with van der Waals surface area (Å²) in [5.74, 6) is -1.42. The first-order valence-electron chi connectivity index (χ1n) is 8.38. The minimum atomic E-state index is -0.757. The Bertz CT molecular complexity index is 771. The summed E-state index contributed by atoms with van der Waals surface area (Å²) in [4.78, 5) is 40.0. The van der Waals surface area contributed by atoms with Crippen molar-refractivity contribution >= 4 is 40.5 Å². The molecular weight excluding hydrogens is 388 g/mol. The van der Waals surface area contributed by atoms with Crippen molar-refractivity contribution in [3.05, 3.63) is 27.9 Å². The molecule has 0 spiro atoms. The molecule has 0 aliphatic carbocycles. The Morgan fingerprint density at radius 3 is 2.67 bits per heavy atom. The number of carbonyl (C=O) groups is 3. The van der Waals surface area contributed by atoms with Crippen molar-refractivity contribution in [3.8, 4) is 10.6 Å². The van der Waals surface area contributed by atoms with E-state index in [4.69, 9.17) is 4.74 Å². The lowest BCUT2D eigenvalue weighted by Gasteiger charge is -2.18. The van der Waals surface area contributed by atoms with Gasteiger partial charge in [-0.3, -0.25) is 9.59 Å². The van der Waals surface area contributed by atoms with E-state index in [1.807, 2.05) is 30.7 Å². The van der Waals surface area contributed by atoms with Crippen molar-refractivity contribution in [3.63, 3.8) is 0 Å². The van der Waals surface area contributed by atoms with Gasteiger partial charge in [0.1, 0.15) is 11.0 Å². The van der Waals surface area contributed by atoms with Crippen LogP contribution in [0.25, 0.3) is 10.6 Å². The molecule has 0 bridgehead atoms. The summed E-state index contributed by atoms with van der Waals surface area (Å²) >= 11 is 3.03. The molecule has 27 heavy (non-hydrogen) atoms. The number of nitrogens with zero attached hydrogens (tertiary/aromatic N) is 1. The number of thiazole rings is 1. The van der Waals surface area contributed by atoms with Crippen LogP contribution in [-0.4, -0.2) is 42.6 Å². The summed E-state index contributed by atoms with van der Waals surface area (Å²) in [7, 11) is 1.26. The maximum absolute atomic E-state index is 12.0. The van der Waals surface area contributed by atoms with E-state index in [2.05, 4.69) is 15.0 Å². The van der Waals surface area contributed by atoms with Gasteiger partial charge in [0.05, 0.1) is 19.2 Å². The number of esters is 2. The number of thiophene rings is 1. The average molecular weight is 411 g/mol. The zero-order valence-corrected chi connectivity index (χ0v) is 17.0. The van der Waals surface area contributed by atoms with E-state index in [9.17, 15) is 14.4 Å². The fourth-order valence-corrected chi connectivity index (χ4v) is 3.85. The zero-order chi connectivity index (χ0) is 19.8. The smallest absolute Gasteiger partial charge is 0.328 e. The number of aromatic nitrogens is 1. The van der Waals surface area contributed by atoms with E-state index in [0.29, 0.717) is 12.1 Å². The summed E-state index contributed by atoms with van der Waals surface area (Å²) in [6, 6.07) is 1.21. The number of ether oxygens (including phenoxy) is 2. The number of hydrogen-bond donors (Lipinski definition) is 1. The Kier molecular flexibility index (Phi) is 7.93. The quantitative estimate of drug-likeness (QED) is 0.639. The molecule has 2 heterocycles. The van der Waals surface area contributed by atoms with Crippen LogP contribution >= 0.6 is 22.7 Å². The third-order valence-electron chi connectivity index (χ3n) is 3.54. The van der Waals surface area contributed by atoms with Gasteiger partial charge in [0.2, 0.25) is 0 Å².